The highest BCUT2D eigenvalue weighted by atomic mass is 19.4. The van der Waals surface area contributed by atoms with Crippen LogP contribution in [-0.2, 0) is 21.9 Å². The highest BCUT2D eigenvalue weighted by Gasteiger charge is 2.39. The van der Waals surface area contributed by atoms with Crippen LogP contribution in [0.3, 0.4) is 0 Å². The number of hydrogen-bond acceptors (Lipinski definition) is 5. The summed E-state index contributed by atoms with van der Waals surface area (Å²) < 4.78 is 88.2. The number of benzene rings is 4. The van der Waals surface area contributed by atoms with Gasteiger partial charge in [0.25, 0.3) is 0 Å². The van der Waals surface area contributed by atoms with Crippen molar-refractivity contribution in [3.05, 3.63) is 130 Å². The van der Waals surface area contributed by atoms with Crippen molar-refractivity contribution in [3.8, 4) is 0 Å². The van der Waals surface area contributed by atoms with Crippen molar-refractivity contribution in [2.24, 2.45) is 4.99 Å². The Hall–Kier alpha value is -4.97. The maximum Gasteiger partial charge on any atom is 0.416 e. The van der Waals surface area contributed by atoms with Crippen LogP contribution in [0.2, 0.25) is 0 Å². The van der Waals surface area contributed by atoms with Crippen molar-refractivity contribution in [1.82, 2.24) is 5.32 Å². The summed E-state index contributed by atoms with van der Waals surface area (Å²) in [5.41, 5.74) is 0.119. The van der Waals surface area contributed by atoms with E-state index in [1.165, 1.54) is 4.90 Å². The van der Waals surface area contributed by atoms with Gasteiger partial charge in [-0.25, -0.2) is 9.79 Å². The molecule has 12 heteroatoms. The van der Waals surface area contributed by atoms with Crippen molar-refractivity contribution < 1.29 is 40.7 Å². The van der Waals surface area contributed by atoms with Gasteiger partial charge in [0.2, 0.25) is 0 Å². The highest BCUT2D eigenvalue weighted by molar-refractivity contribution is 6.14. The molecule has 1 heterocycles. The van der Waals surface area contributed by atoms with E-state index in [9.17, 15) is 35.9 Å². The van der Waals surface area contributed by atoms with Gasteiger partial charge in [-0.05, 0) is 81.1 Å². The van der Waals surface area contributed by atoms with Crippen LogP contribution in [0.15, 0.2) is 102 Å². The maximum absolute atomic E-state index is 13.8. The summed E-state index contributed by atoms with van der Waals surface area (Å²) in [6.45, 7) is 4.72. The Morgan fingerprint density at radius 3 is 1.88 bits per heavy atom. The fraction of sp³-hybridized carbons (Fsp3) is 0.289. The summed E-state index contributed by atoms with van der Waals surface area (Å²) in [7, 11) is 0. The van der Waals surface area contributed by atoms with E-state index in [0.717, 1.165) is 18.1 Å². The number of Topliss-reactive ketones (excluding diaryl/α,β-unsaturated/α-hetero) is 1. The molecule has 50 heavy (non-hydrogen) atoms. The number of rotatable bonds is 8. The molecular weight excluding hydrogens is 660 g/mol. The highest BCUT2D eigenvalue weighted by Crippen LogP contribution is 2.41. The molecule has 2 unspecified atom stereocenters. The summed E-state index contributed by atoms with van der Waals surface area (Å²) in [6.07, 6.45) is -10.6. The second-order valence-corrected chi connectivity index (χ2v) is 12.3. The molecule has 4 aromatic rings. The third kappa shape index (κ3) is 8.60. The van der Waals surface area contributed by atoms with Crippen LogP contribution in [0.1, 0.15) is 79.1 Å². The van der Waals surface area contributed by atoms with Gasteiger partial charge < -0.3 is 4.74 Å². The third-order valence-electron chi connectivity index (χ3n) is 8.16. The van der Waals surface area contributed by atoms with Crippen LogP contribution in [0, 0.1) is 0 Å². The topological polar surface area (TPSA) is 71.0 Å². The Balaban J connectivity index is 1.65. The van der Waals surface area contributed by atoms with Gasteiger partial charge in [0.1, 0.15) is 0 Å². The summed E-state index contributed by atoms with van der Waals surface area (Å²) in [5, 5.41) is 3.06. The first kappa shape index (κ1) is 36.3. The number of ketones is 1. The smallest absolute Gasteiger partial charge is 0.416 e. The van der Waals surface area contributed by atoms with E-state index in [-0.39, 0.29) is 19.0 Å². The molecule has 0 radical (unpaired) electrons. The minimum atomic E-state index is -5.09. The molecule has 262 valence electrons. The minimum absolute atomic E-state index is 0.0290. The fourth-order valence-electron chi connectivity index (χ4n) is 5.91. The van der Waals surface area contributed by atoms with Gasteiger partial charge in [-0.3, -0.25) is 15.0 Å². The van der Waals surface area contributed by atoms with E-state index >= 15 is 0 Å². The Bertz CT molecular complexity index is 1780. The Morgan fingerprint density at radius 1 is 0.820 bits per heavy atom. The average Bonchev–Trinajstić information content (AvgIpc) is 3.24. The van der Waals surface area contributed by atoms with Crippen LogP contribution >= 0.6 is 0 Å². The summed E-state index contributed by atoms with van der Waals surface area (Å²) in [5.74, 6) is -0.691. The summed E-state index contributed by atoms with van der Waals surface area (Å²) >= 11 is 0. The van der Waals surface area contributed by atoms with Gasteiger partial charge in [0.15, 0.2) is 5.78 Å². The van der Waals surface area contributed by atoms with Gasteiger partial charge in [0.05, 0.1) is 40.4 Å². The van der Waals surface area contributed by atoms with Crippen LogP contribution in [0.5, 0.6) is 0 Å². The predicted molar refractivity (Wildman–Crippen MR) is 179 cm³/mol. The van der Waals surface area contributed by atoms with E-state index < -0.39 is 59.1 Å². The molecule has 0 saturated carbocycles. The standard InChI is InChI=1S/C38H35F6N3O3/c1-23(2)50-36(49)47-18-10-15-32(46-34(24(3)48)27-19-28(37(39,40)41)21-29(20-27)38(42,43)44)31-22-30(16-17-33(31)47)45-35(25-11-6-4-7-12-25)26-13-8-5-9-14-26/h4-9,11-14,16-17,19-23,32,34,46H,10,15,18H2,1-3H3. The lowest BCUT2D eigenvalue weighted by molar-refractivity contribution is -0.143. The number of hydrogen-bond donors (Lipinski definition) is 1. The quantitative estimate of drug-likeness (QED) is 0.147. The first-order valence-electron chi connectivity index (χ1n) is 16.0. The van der Waals surface area contributed by atoms with E-state index in [2.05, 4.69) is 5.32 Å². The molecule has 1 aliphatic rings. The second kappa shape index (κ2) is 14.9. The van der Waals surface area contributed by atoms with Crippen LogP contribution in [0.25, 0.3) is 0 Å². The molecule has 6 nitrogen and oxygen atoms in total. The molecule has 0 saturated heterocycles. The van der Waals surface area contributed by atoms with Crippen molar-refractivity contribution >= 4 is 29.0 Å². The molecule has 0 aromatic heterocycles. The van der Waals surface area contributed by atoms with Crippen molar-refractivity contribution in [3.63, 3.8) is 0 Å². The number of amides is 1. The molecule has 0 aliphatic carbocycles. The molecule has 5 rings (SSSR count). The molecule has 2 atom stereocenters. The summed E-state index contributed by atoms with van der Waals surface area (Å²) in [4.78, 5) is 32.7. The molecule has 1 aliphatic heterocycles. The first-order chi connectivity index (χ1) is 23.6. The lowest BCUT2D eigenvalue weighted by atomic mass is 9.94. The molecule has 0 spiro atoms. The average molecular weight is 696 g/mol. The SMILES string of the molecule is CC(=O)C(NC1CCCN(C(=O)OC(C)C)c2ccc(N=C(c3ccccc3)c3ccccc3)cc21)c1cc(C(F)(F)F)cc(C(F)(F)F)c1. The van der Waals surface area contributed by atoms with Gasteiger partial charge in [0, 0.05) is 23.7 Å². The van der Waals surface area contributed by atoms with E-state index in [0.29, 0.717) is 41.2 Å². The lowest BCUT2D eigenvalue weighted by Crippen LogP contribution is -2.34. The molecule has 1 N–H and O–H groups in total. The molecule has 1 amide bonds. The molecule has 4 aromatic carbocycles. The van der Waals surface area contributed by atoms with Crippen molar-refractivity contribution in [1.29, 1.82) is 0 Å². The first-order valence-corrected chi connectivity index (χ1v) is 16.0. The van der Waals surface area contributed by atoms with E-state index in [1.54, 1.807) is 32.0 Å². The Labute approximate surface area is 285 Å². The normalized spacial score (nSPS) is 15.6. The number of carbonyl (C=O) groups excluding carboxylic acids is 2. The number of carbonyl (C=O) groups is 2. The van der Waals surface area contributed by atoms with Gasteiger partial charge in [-0.1, -0.05) is 60.7 Å². The monoisotopic (exact) mass is 695 g/mol. The van der Waals surface area contributed by atoms with Gasteiger partial charge in [-0.2, -0.15) is 26.3 Å². The fourth-order valence-corrected chi connectivity index (χ4v) is 5.91. The van der Waals surface area contributed by atoms with E-state index in [1.807, 2.05) is 60.7 Å². The van der Waals surface area contributed by atoms with E-state index in [4.69, 9.17) is 9.73 Å². The Kier molecular flexibility index (Phi) is 10.8. The maximum atomic E-state index is 13.8. The Morgan fingerprint density at radius 2 is 1.38 bits per heavy atom. The van der Waals surface area contributed by atoms with Crippen molar-refractivity contribution in [2.45, 2.75) is 64.2 Å². The lowest BCUT2D eigenvalue weighted by Gasteiger charge is -2.28. The number of anilines is 1. The second-order valence-electron chi connectivity index (χ2n) is 12.3. The number of aliphatic imine (C=N–C) groups is 1. The molecule has 0 bridgehead atoms. The predicted octanol–water partition coefficient (Wildman–Crippen LogP) is 10.00. The molecule has 0 fully saturated rings. The van der Waals surface area contributed by atoms with Crippen LogP contribution in [0.4, 0.5) is 42.5 Å². The number of nitrogens with one attached hydrogen (secondary N) is 1. The number of ether oxygens (including phenoxy) is 1. The zero-order valence-electron chi connectivity index (χ0n) is 27.5. The zero-order chi connectivity index (χ0) is 36.2. The van der Waals surface area contributed by atoms with Crippen LogP contribution < -0.4 is 10.2 Å². The van der Waals surface area contributed by atoms with Gasteiger partial charge >= 0.3 is 18.4 Å². The number of alkyl halides is 6. The largest absolute Gasteiger partial charge is 0.446 e. The number of nitrogens with zero attached hydrogens (tertiary/aromatic N) is 2. The number of halogens is 6. The van der Waals surface area contributed by atoms with Crippen molar-refractivity contribution in [2.75, 3.05) is 11.4 Å². The zero-order valence-corrected chi connectivity index (χ0v) is 27.5. The van der Waals surface area contributed by atoms with Crippen LogP contribution in [-0.4, -0.2) is 30.2 Å². The number of fused-ring (bicyclic) bond motifs is 1. The minimum Gasteiger partial charge on any atom is -0.446 e. The third-order valence-corrected chi connectivity index (χ3v) is 8.16. The molecular formula is C38H35F6N3O3. The van der Waals surface area contributed by atoms with Gasteiger partial charge in [-0.15, -0.1) is 0 Å². The summed E-state index contributed by atoms with van der Waals surface area (Å²) in [6, 6.07) is 22.8.